The molecule has 2 heterocycles. The second-order valence-electron chi connectivity index (χ2n) is 5.87. The molecule has 0 aromatic rings. The standard InChI is InChI=1S/C14H24N2O2/c1-2-14(7-4-8-15-14)13(17)16-9-10-18-12-6-3-5-11(12)16/h11-12,15H,2-10H2,1H3. The van der Waals surface area contributed by atoms with E-state index in [1.165, 1.54) is 6.42 Å². The van der Waals surface area contributed by atoms with E-state index in [4.69, 9.17) is 4.74 Å². The number of nitrogens with one attached hydrogen (secondary N) is 1. The molecule has 3 atom stereocenters. The summed E-state index contributed by atoms with van der Waals surface area (Å²) >= 11 is 0. The van der Waals surface area contributed by atoms with Gasteiger partial charge in [-0.3, -0.25) is 4.79 Å². The number of hydrogen-bond acceptors (Lipinski definition) is 3. The zero-order valence-corrected chi connectivity index (χ0v) is 11.3. The Bertz CT molecular complexity index is 326. The molecule has 0 spiro atoms. The number of ether oxygens (including phenoxy) is 1. The first-order chi connectivity index (χ1) is 8.77. The van der Waals surface area contributed by atoms with Gasteiger partial charge in [0.05, 0.1) is 24.3 Å². The Balaban J connectivity index is 1.78. The van der Waals surface area contributed by atoms with Gasteiger partial charge in [-0.15, -0.1) is 0 Å². The number of amides is 1. The van der Waals surface area contributed by atoms with Crippen molar-refractivity contribution in [3.63, 3.8) is 0 Å². The molecule has 4 heteroatoms. The third-order valence-corrected chi connectivity index (χ3v) is 5.00. The van der Waals surface area contributed by atoms with Crippen LogP contribution in [0.2, 0.25) is 0 Å². The normalized spacial score (nSPS) is 39.9. The highest BCUT2D eigenvalue weighted by molar-refractivity contribution is 5.87. The van der Waals surface area contributed by atoms with Gasteiger partial charge in [-0.05, 0) is 45.1 Å². The molecule has 1 saturated carbocycles. The Morgan fingerprint density at radius 1 is 1.44 bits per heavy atom. The fourth-order valence-electron chi connectivity index (χ4n) is 3.89. The van der Waals surface area contributed by atoms with Crippen LogP contribution in [0.3, 0.4) is 0 Å². The van der Waals surface area contributed by atoms with Crippen LogP contribution < -0.4 is 5.32 Å². The first-order valence-corrected chi connectivity index (χ1v) is 7.44. The maximum absolute atomic E-state index is 12.9. The van der Waals surface area contributed by atoms with Crippen LogP contribution >= 0.6 is 0 Å². The molecule has 18 heavy (non-hydrogen) atoms. The lowest BCUT2D eigenvalue weighted by Gasteiger charge is -2.42. The molecule has 1 amide bonds. The molecule has 102 valence electrons. The molecule has 1 N–H and O–H groups in total. The number of hydrogen-bond donors (Lipinski definition) is 1. The van der Waals surface area contributed by atoms with Gasteiger partial charge in [0.15, 0.2) is 0 Å². The predicted octanol–water partition coefficient (Wildman–Crippen LogP) is 1.30. The SMILES string of the molecule is CCC1(C(=O)N2CCOC3CCCC32)CCCN1. The Labute approximate surface area is 109 Å². The van der Waals surface area contributed by atoms with E-state index in [-0.39, 0.29) is 5.54 Å². The van der Waals surface area contributed by atoms with Crippen molar-refractivity contribution in [2.24, 2.45) is 0 Å². The third kappa shape index (κ3) is 1.86. The lowest BCUT2D eigenvalue weighted by Crippen LogP contribution is -2.61. The number of nitrogens with zero attached hydrogens (tertiary/aromatic N) is 1. The average molecular weight is 252 g/mol. The van der Waals surface area contributed by atoms with E-state index in [1.54, 1.807) is 0 Å². The minimum absolute atomic E-state index is 0.273. The molecule has 4 nitrogen and oxygen atoms in total. The van der Waals surface area contributed by atoms with Crippen LogP contribution in [-0.2, 0) is 9.53 Å². The summed E-state index contributed by atoms with van der Waals surface area (Å²) < 4.78 is 5.80. The van der Waals surface area contributed by atoms with Gasteiger partial charge in [-0.25, -0.2) is 0 Å². The highest BCUT2D eigenvalue weighted by Gasteiger charge is 2.47. The first kappa shape index (κ1) is 12.4. The summed E-state index contributed by atoms with van der Waals surface area (Å²) in [6.45, 7) is 4.61. The smallest absolute Gasteiger partial charge is 0.243 e. The molecule has 3 aliphatic rings. The van der Waals surface area contributed by atoms with Crippen molar-refractivity contribution >= 4 is 5.91 Å². The predicted molar refractivity (Wildman–Crippen MR) is 69.4 cm³/mol. The van der Waals surface area contributed by atoms with E-state index in [0.717, 1.165) is 45.2 Å². The van der Waals surface area contributed by atoms with Gasteiger partial charge in [-0.1, -0.05) is 6.92 Å². The monoisotopic (exact) mass is 252 g/mol. The summed E-state index contributed by atoms with van der Waals surface area (Å²) in [4.78, 5) is 15.0. The first-order valence-electron chi connectivity index (χ1n) is 7.44. The Kier molecular flexibility index (Phi) is 3.32. The molecule has 3 fully saturated rings. The molecule has 3 rings (SSSR count). The highest BCUT2D eigenvalue weighted by atomic mass is 16.5. The van der Waals surface area contributed by atoms with E-state index in [9.17, 15) is 4.79 Å². The van der Waals surface area contributed by atoms with Crippen LogP contribution in [0.4, 0.5) is 0 Å². The molecule has 1 aliphatic carbocycles. The average Bonchev–Trinajstić information content (AvgIpc) is 3.06. The van der Waals surface area contributed by atoms with Gasteiger partial charge in [0, 0.05) is 6.54 Å². The zero-order chi connectivity index (χ0) is 12.6. The van der Waals surface area contributed by atoms with Crippen molar-refractivity contribution in [1.29, 1.82) is 0 Å². The number of rotatable bonds is 2. The van der Waals surface area contributed by atoms with Crippen molar-refractivity contribution in [3.8, 4) is 0 Å². The van der Waals surface area contributed by atoms with Crippen molar-refractivity contribution in [1.82, 2.24) is 10.2 Å². The maximum atomic E-state index is 12.9. The van der Waals surface area contributed by atoms with Crippen LogP contribution in [0.1, 0.15) is 45.4 Å². The minimum atomic E-state index is -0.273. The topological polar surface area (TPSA) is 41.6 Å². The van der Waals surface area contributed by atoms with E-state index < -0.39 is 0 Å². The van der Waals surface area contributed by atoms with E-state index in [1.807, 2.05) is 0 Å². The van der Waals surface area contributed by atoms with Gasteiger partial charge in [0.25, 0.3) is 0 Å². The molecule has 0 radical (unpaired) electrons. The molecule has 3 unspecified atom stereocenters. The summed E-state index contributed by atoms with van der Waals surface area (Å²) in [5, 5.41) is 3.46. The summed E-state index contributed by atoms with van der Waals surface area (Å²) in [5.74, 6) is 0.336. The van der Waals surface area contributed by atoms with Crippen molar-refractivity contribution in [2.75, 3.05) is 19.7 Å². The van der Waals surface area contributed by atoms with Gasteiger partial charge >= 0.3 is 0 Å². The van der Waals surface area contributed by atoms with E-state index >= 15 is 0 Å². The van der Waals surface area contributed by atoms with Crippen molar-refractivity contribution < 1.29 is 9.53 Å². The lowest BCUT2D eigenvalue weighted by atomic mass is 9.91. The van der Waals surface area contributed by atoms with Crippen LogP contribution in [-0.4, -0.2) is 48.2 Å². The van der Waals surface area contributed by atoms with E-state index in [2.05, 4.69) is 17.1 Å². The lowest BCUT2D eigenvalue weighted by molar-refractivity contribution is -0.150. The maximum Gasteiger partial charge on any atom is 0.243 e. The van der Waals surface area contributed by atoms with Gasteiger partial charge in [-0.2, -0.15) is 0 Å². The second-order valence-corrected chi connectivity index (χ2v) is 5.87. The Hall–Kier alpha value is -0.610. The van der Waals surface area contributed by atoms with Crippen LogP contribution in [0.25, 0.3) is 0 Å². The van der Waals surface area contributed by atoms with E-state index in [0.29, 0.717) is 24.7 Å². The molecule has 0 aromatic carbocycles. The fraction of sp³-hybridized carbons (Fsp3) is 0.929. The number of carbonyl (C=O) groups is 1. The Morgan fingerprint density at radius 3 is 3.06 bits per heavy atom. The Morgan fingerprint density at radius 2 is 2.33 bits per heavy atom. The van der Waals surface area contributed by atoms with Crippen LogP contribution in [0.5, 0.6) is 0 Å². The van der Waals surface area contributed by atoms with Gasteiger partial charge < -0.3 is 15.0 Å². The number of morpholine rings is 1. The minimum Gasteiger partial charge on any atom is -0.374 e. The molecule has 0 bridgehead atoms. The summed E-state index contributed by atoms with van der Waals surface area (Å²) in [7, 11) is 0. The van der Waals surface area contributed by atoms with Gasteiger partial charge in [0.2, 0.25) is 5.91 Å². The summed E-state index contributed by atoms with van der Waals surface area (Å²) in [6.07, 6.45) is 6.77. The largest absolute Gasteiger partial charge is 0.374 e. The number of carbonyl (C=O) groups excluding carboxylic acids is 1. The molecule has 0 aromatic heterocycles. The number of fused-ring (bicyclic) bond motifs is 1. The quantitative estimate of drug-likeness (QED) is 0.805. The van der Waals surface area contributed by atoms with Crippen LogP contribution in [0.15, 0.2) is 0 Å². The summed E-state index contributed by atoms with van der Waals surface area (Å²) in [6, 6.07) is 0.345. The van der Waals surface area contributed by atoms with Crippen LogP contribution in [0, 0.1) is 0 Å². The molecule has 2 aliphatic heterocycles. The van der Waals surface area contributed by atoms with Crippen molar-refractivity contribution in [3.05, 3.63) is 0 Å². The highest BCUT2D eigenvalue weighted by Crippen LogP contribution is 2.33. The molecular weight excluding hydrogens is 228 g/mol. The fourth-order valence-corrected chi connectivity index (χ4v) is 3.89. The van der Waals surface area contributed by atoms with Crippen molar-refractivity contribution in [2.45, 2.75) is 63.1 Å². The molecular formula is C14H24N2O2. The summed E-state index contributed by atoms with van der Waals surface area (Å²) in [5.41, 5.74) is -0.273. The third-order valence-electron chi connectivity index (χ3n) is 5.00. The second kappa shape index (κ2) is 4.82. The molecule has 2 saturated heterocycles. The van der Waals surface area contributed by atoms with Gasteiger partial charge in [0.1, 0.15) is 0 Å². The zero-order valence-electron chi connectivity index (χ0n) is 11.3.